The summed E-state index contributed by atoms with van der Waals surface area (Å²) in [6.07, 6.45) is 0.949. The van der Waals surface area contributed by atoms with Crippen molar-refractivity contribution in [3.8, 4) is 5.75 Å². The van der Waals surface area contributed by atoms with Gasteiger partial charge in [-0.15, -0.1) is 0 Å². The van der Waals surface area contributed by atoms with Crippen molar-refractivity contribution in [1.82, 2.24) is 4.90 Å². The molecule has 2 rings (SSSR count). The lowest BCUT2D eigenvalue weighted by Gasteiger charge is -2.27. The predicted octanol–water partition coefficient (Wildman–Crippen LogP) is 3.52. The molecule has 1 heterocycles. The van der Waals surface area contributed by atoms with E-state index < -0.39 is 17.7 Å². The highest BCUT2D eigenvalue weighted by Crippen LogP contribution is 2.39. The van der Waals surface area contributed by atoms with Gasteiger partial charge in [0.25, 0.3) is 5.91 Å². The number of phenolic OH excluding ortho intramolecular Hbond substituents is 1. The highest BCUT2D eigenvalue weighted by Gasteiger charge is 2.43. The van der Waals surface area contributed by atoms with Crippen molar-refractivity contribution in [2.45, 2.75) is 52.7 Å². The van der Waals surface area contributed by atoms with Crippen LogP contribution < -0.4 is 0 Å². The lowest BCUT2D eigenvalue weighted by Crippen LogP contribution is -2.32. The summed E-state index contributed by atoms with van der Waals surface area (Å²) in [6, 6.07) is 5.72. The quantitative estimate of drug-likeness (QED) is 0.645. The Kier molecular flexibility index (Phi) is 7.02. The molecule has 148 valence electrons. The first kappa shape index (κ1) is 21.0. The Morgan fingerprint density at radius 3 is 2.33 bits per heavy atom. The molecule has 6 nitrogen and oxygen atoms in total. The summed E-state index contributed by atoms with van der Waals surface area (Å²) in [6.45, 7) is 8.57. The van der Waals surface area contributed by atoms with Gasteiger partial charge in [0.15, 0.2) is 11.5 Å². The second-order valence-electron chi connectivity index (χ2n) is 7.55. The van der Waals surface area contributed by atoms with E-state index in [-0.39, 0.29) is 35.5 Å². The van der Waals surface area contributed by atoms with Crippen molar-refractivity contribution >= 4 is 11.7 Å². The fourth-order valence-corrected chi connectivity index (χ4v) is 3.21. The number of hydrogen-bond donors (Lipinski definition) is 2. The third kappa shape index (κ3) is 5.10. The van der Waals surface area contributed by atoms with Gasteiger partial charge in [0.1, 0.15) is 5.75 Å². The van der Waals surface area contributed by atoms with Gasteiger partial charge in [0.2, 0.25) is 0 Å². The Labute approximate surface area is 160 Å². The molecule has 0 radical (unpaired) electrons. The van der Waals surface area contributed by atoms with Gasteiger partial charge in [0, 0.05) is 19.6 Å². The Bertz CT molecular complexity index is 706. The van der Waals surface area contributed by atoms with Crippen molar-refractivity contribution < 1.29 is 24.5 Å². The van der Waals surface area contributed by atoms with Crippen molar-refractivity contribution in [3.63, 3.8) is 0 Å². The average molecular weight is 375 g/mol. The summed E-state index contributed by atoms with van der Waals surface area (Å²) in [5.74, 6) is -1.02. The predicted molar refractivity (Wildman–Crippen MR) is 102 cm³/mol. The van der Waals surface area contributed by atoms with E-state index in [2.05, 4.69) is 0 Å². The van der Waals surface area contributed by atoms with Crippen molar-refractivity contribution in [3.05, 3.63) is 41.2 Å². The number of aliphatic hydroxyl groups excluding tert-OH is 1. The lowest BCUT2D eigenvalue weighted by atomic mass is 9.92. The molecule has 1 aromatic carbocycles. The maximum atomic E-state index is 12.8. The molecule has 1 unspecified atom stereocenters. The van der Waals surface area contributed by atoms with Crippen molar-refractivity contribution in [2.24, 2.45) is 5.92 Å². The SMILES string of the molecule is CC(C)CC(=O)C1=C(O)C(=O)N(CCCOC(C)C)C1c1ccc(O)cc1. The van der Waals surface area contributed by atoms with Crippen LogP contribution >= 0.6 is 0 Å². The Hall–Kier alpha value is -2.34. The number of hydrogen-bond acceptors (Lipinski definition) is 5. The van der Waals surface area contributed by atoms with E-state index in [4.69, 9.17) is 4.74 Å². The van der Waals surface area contributed by atoms with Gasteiger partial charge in [-0.05, 0) is 43.9 Å². The topological polar surface area (TPSA) is 87.1 Å². The van der Waals surface area contributed by atoms with Crippen LogP contribution in [0.25, 0.3) is 0 Å². The molecule has 0 aromatic heterocycles. The zero-order chi connectivity index (χ0) is 20.1. The number of rotatable bonds is 9. The zero-order valence-electron chi connectivity index (χ0n) is 16.4. The van der Waals surface area contributed by atoms with E-state index >= 15 is 0 Å². The van der Waals surface area contributed by atoms with Gasteiger partial charge in [-0.25, -0.2) is 0 Å². The fourth-order valence-electron chi connectivity index (χ4n) is 3.21. The zero-order valence-corrected chi connectivity index (χ0v) is 16.4. The lowest BCUT2D eigenvalue weighted by molar-refractivity contribution is -0.129. The minimum atomic E-state index is -0.650. The summed E-state index contributed by atoms with van der Waals surface area (Å²) in [5, 5.41) is 20.0. The highest BCUT2D eigenvalue weighted by molar-refractivity contribution is 6.09. The summed E-state index contributed by atoms with van der Waals surface area (Å²) < 4.78 is 5.53. The number of nitrogens with zero attached hydrogens (tertiary/aromatic N) is 1. The minimum Gasteiger partial charge on any atom is -0.508 e. The van der Waals surface area contributed by atoms with Gasteiger partial charge in [-0.1, -0.05) is 26.0 Å². The number of aliphatic hydroxyl groups is 1. The minimum absolute atomic E-state index is 0.0990. The normalized spacial score (nSPS) is 17.5. The van der Waals surface area contributed by atoms with Gasteiger partial charge >= 0.3 is 0 Å². The number of Topliss-reactive ketones (excluding diaryl/α,β-unsaturated/α-hetero) is 1. The van der Waals surface area contributed by atoms with E-state index in [0.29, 0.717) is 25.1 Å². The molecule has 0 aliphatic carbocycles. The molecular weight excluding hydrogens is 346 g/mol. The van der Waals surface area contributed by atoms with Gasteiger partial charge in [-0.3, -0.25) is 9.59 Å². The number of aromatic hydroxyl groups is 1. The molecule has 0 bridgehead atoms. The van der Waals surface area contributed by atoms with Crippen molar-refractivity contribution in [2.75, 3.05) is 13.2 Å². The number of ether oxygens (including phenoxy) is 1. The monoisotopic (exact) mass is 375 g/mol. The van der Waals surface area contributed by atoms with Gasteiger partial charge in [0.05, 0.1) is 17.7 Å². The standard InChI is InChI=1S/C21H29NO5/c1-13(2)12-17(24)18-19(15-6-8-16(23)9-7-15)22(21(26)20(18)25)10-5-11-27-14(3)4/h6-9,13-14,19,23,25H,5,10-12H2,1-4H3. The summed E-state index contributed by atoms with van der Waals surface area (Å²) >= 11 is 0. The van der Waals surface area contributed by atoms with Gasteiger partial charge < -0.3 is 19.8 Å². The summed E-state index contributed by atoms with van der Waals surface area (Å²) in [5.41, 5.74) is 0.825. The molecular formula is C21H29NO5. The molecule has 0 fully saturated rings. The number of carbonyl (C=O) groups excluding carboxylic acids is 2. The third-order valence-electron chi connectivity index (χ3n) is 4.40. The van der Waals surface area contributed by atoms with E-state index in [9.17, 15) is 19.8 Å². The molecule has 2 N–H and O–H groups in total. The Morgan fingerprint density at radius 1 is 1.15 bits per heavy atom. The molecule has 0 spiro atoms. The molecule has 0 saturated heterocycles. The van der Waals surface area contributed by atoms with Crippen LogP contribution in [0.3, 0.4) is 0 Å². The Balaban J connectivity index is 2.31. The first-order valence-electron chi connectivity index (χ1n) is 9.40. The highest BCUT2D eigenvalue weighted by atomic mass is 16.5. The van der Waals surface area contributed by atoms with Crippen LogP contribution in [0.1, 0.15) is 52.1 Å². The van der Waals surface area contributed by atoms with E-state index in [0.717, 1.165) is 0 Å². The van der Waals surface area contributed by atoms with E-state index in [1.165, 1.54) is 17.0 Å². The van der Waals surface area contributed by atoms with Crippen LogP contribution in [-0.2, 0) is 14.3 Å². The van der Waals surface area contributed by atoms with Gasteiger partial charge in [-0.2, -0.15) is 0 Å². The van der Waals surface area contributed by atoms with Crippen LogP contribution in [0.15, 0.2) is 35.6 Å². The van der Waals surface area contributed by atoms with Crippen LogP contribution in [0.2, 0.25) is 0 Å². The summed E-state index contributed by atoms with van der Waals surface area (Å²) in [4.78, 5) is 26.9. The Morgan fingerprint density at radius 2 is 1.78 bits per heavy atom. The maximum Gasteiger partial charge on any atom is 0.290 e. The van der Waals surface area contributed by atoms with Crippen LogP contribution in [-0.4, -0.2) is 46.1 Å². The number of carbonyl (C=O) groups is 2. The smallest absolute Gasteiger partial charge is 0.290 e. The molecule has 1 aliphatic heterocycles. The molecule has 1 aromatic rings. The third-order valence-corrected chi connectivity index (χ3v) is 4.40. The molecule has 1 amide bonds. The maximum absolute atomic E-state index is 12.8. The van der Waals surface area contributed by atoms with Crippen LogP contribution in [0.4, 0.5) is 0 Å². The second kappa shape index (κ2) is 9.04. The number of ketones is 1. The summed E-state index contributed by atoms with van der Waals surface area (Å²) in [7, 11) is 0. The van der Waals surface area contributed by atoms with E-state index in [1.807, 2.05) is 27.7 Å². The number of benzene rings is 1. The number of phenols is 1. The largest absolute Gasteiger partial charge is 0.508 e. The average Bonchev–Trinajstić information content (AvgIpc) is 2.83. The molecule has 27 heavy (non-hydrogen) atoms. The first-order valence-corrected chi connectivity index (χ1v) is 9.40. The fraction of sp³-hybridized carbons (Fsp3) is 0.524. The van der Waals surface area contributed by atoms with Crippen LogP contribution in [0.5, 0.6) is 5.75 Å². The molecule has 6 heteroatoms. The van der Waals surface area contributed by atoms with Crippen LogP contribution in [0, 0.1) is 5.92 Å². The molecule has 0 saturated carbocycles. The first-order chi connectivity index (χ1) is 12.7. The molecule has 1 atom stereocenters. The number of amides is 1. The van der Waals surface area contributed by atoms with E-state index in [1.54, 1.807) is 12.1 Å². The second-order valence-corrected chi connectivity index (χ2v) is 7.55. The molecule has 1 aliphatic rings. The van der Waals surface area contributed by atoms with Crippen molar-refractivity contribution in [1.29, 1.82) is 0 Å².